The number of ether oxygens (including phenoxy) is 2. The average Bonchev–Trinajstić information content (AvgIpc) is 2.26. The van der Waals surface area contributed by atoms with Crippen molar-refractivity contribution < 1.29 is 18.3 Å². The number of likely N-dealkylation sites (N-methyl/N-ethyl adjacent to an activating group) is 1. The first-order valence-corrected chi connectivity index (χ1v) is 5.33. The van der Waals surface area contributed by atoms with Gasteiger partial charge < -0.3 is 9.47 Å². The molecule has 96 valence electrons. The molecule has 0 bridgehead atoms. The van der Waals surface area contributed by atoms with Gasteiger partial charge in [-0.05, 0) is 24.7 Å². The van der Waals surface area contributed by atoms with Crippen molar-refractivity contribution in [3.8, 4) is 5.75 Å². The molecule has 0 amide bonds. The number of alkyl halides is 2. The minimum atomic E-state index is -2.78. The van der Waals surface area contributed by atoms with Gasteiger partial charge in [0.15, 0.2) is 0 Å². The highest BCUT2D eigenvalue weighted by Gasteiger charge is 2.05. The van der Waals surface area contributed by atoms with Gasteiger partial charge in [0.2, 0.25) is 0 Å². The van der Waals surface area contributed by atoms with Crippen LogP contribution in [0.1, 0.15) is 5.56 Å². The molecule has 0 radical (unpaired) electrons. The van der Waals surface area contributed by atoms with Crippen LogP contribution in [0.3, 0.4) is 0 Å². The fourth-order valence-corrected chi connectivity index (χ4v) is 1.46. The molecule has 0 atom stereocenters. The molecule has 3 nitrogen and oxygen atoms in total. The molecule has 0 aromatic heterocycles. The summed E-state index contributed by atoms with van der Waals surface area (Å²) >= 11 is 0. The number of rotatable bonds is 7. The molecule has 0 aliphatic rings. The Morgan fingerprint density at radius 3 is 2.76 bits per heavy atom. The summed E-state index contributed by atoms with van der Waals surface area (Å²) in [5.41, 5.74) is 0.932. The van der Waals surface area contributed by atoms with E-state index in [0.717, 1.165) is 12.1 Å². The fraction of sp³-hybridized carbons (Fsp3) is 0.500. The van der Waals surface area contributed by atoms with Gasteiger partial charge in [-0.3, -0.25) is 4.90 Å². The molecule has 0 aliphatic heterocycles. The van der Waals surface area contributed by atoms with E-state index in [9.17, 15) is 8.78 Å². The summed E-state index contributed by atoms with van der Waals surface area (Å²) in [7, 11) is 3.59. The largest absolute Gasteiger partial charge is 0.435 e. The van der Waals surface area contributed by atoms with E-state index in [1.807, 2.05) is 18.0 Å². The van der Waals surface area contributed by atoms with E-state index in [-0.39, 0.29) is 5.75 Å². The van der Waals surface area contributed by atoms with Crippen molar-refractivity contribution in [3.63, 3.8) is 0 Å². The van der Waals surface area contributed by atoms with Crippen LogP contribution in [0.25, 0.3) is 0 Å². The third-order valence-corrected chi connectivity index (χ3v) is 2.25. The van der Waals surface area contributed by atoms with Crippen LogP contribution in [-0.2, 0) is 11.3 Å². The van der Waals surface area contributed by atoms with Gasteiger partial charge in [0.25, 0.3) is 0 Å². The zero-order valence-electron chi connectivity index (χ0n) is 10.0. The molecule has 5 heteroatoms. The van der Waals surface area contributed by atoms with Crippen LogP contribution < -0.4 is 4.74 Å². The van der Waals surface area contributed by atoms with E-state index in [1.165, 1.54) is 6.07 Å². The van der Waals surface area contributed by atoms with Crippen LogP contribution in [0.5, 0.6) is 5.75 Å². The Labute approximate surface area is 99.9 Å². The highest BCUT2D eigenvalue weighted by Crippen LogP contribution is 2.16. The maximum absolute atomic E-state index is 12.0. The number of halogens is 2. The van der Waals surface area contributed by atoms with E-state index in [2.05, 4.69) is 4.74 Å². The standard InChI is InChI=1S/C12H17F2NO2/c1-15(6-7-16-2)9-10-4-3-5-11(8-10)17-12(13)14/h3-5,8,12H,6-7,9H2,1-2H3. The maximum Gasteiger partial charge on any atom is 0.387 e. The highest BCUT2D eigenvalue weighted by molar-refractivity contribution is 5.28. The van der Waals surface area contributed by atoms with Crippen LogP contribution in [0, 0.1) is 0 Å². The Hall–Kier alpha value is -1.20. The van der Waals surface area contributed by atoms with Crippen molar-refractivity contribution in [1.29, 1.82) is 0 Å². The molecule has 0 heterocycles. The van der Waals surface area contributed by atoms with Crippen LogP contribution in [-0.4, -0.2) is 38.8 Å². The van der Waals surface area contributed by atoms with Crippen LogP contribution in [0.4, 0.5) is 8.78 Å². The fourth-order valence-electron chi connectivity index (χ4n) is 1.46. The van der Waals surface area contributed by atoms with Crippen LogP contribution in [0.2, 0.25) is 0 Å². The Morgan fingerprint density at radius 1 is 1.35 bits per heavy atom. The molecule has 0 aliphatic carbocycles. The van der Waals surface area contributed by atoms with Crippen molar-refractivity contribution in [1.82, 2.24) is 4.90 Å². The molecule has 0 saturated heterocycles. The number of methoxy groups -OCH3 is 1. The van der Waals surface area contributed by atoms with E-state index in [1.54, 1.807) is 19.2 Å². The molecule has 1 aromatic carbocycles. The van der Waals surface area contributed by atoms with Gasteiger partial charge in [-0.2, -0.15) is 8.78 Å². The van der Waals surface area contributed by atoms with E-state index < -0.39 is 6.61 Å². The second-order valence-electron chi connectivity index (χ2n) is 3.76. The number of hydrogen-bond donors (Lipinski definition) is 0. The molecular weight excluding hydrogens is 228 g/mol. The minimum Gasteiger partial charge on any atom is -0.435 e. The normalized spacial score (nSPS) is 11.2. The number of hydrogen-bond acceptors (Lipinski definition) is 3. The predicted molar refractivity (Wildman–Crippen MR) is 61.3 cm³/mol. The lowest BCUT2D eigenvalue weighted by Gasteiger charge is -2.16. The van der Waals surface area contributed by atoms with Gasteiger partial charge >= 0.3 is 6.61 Å². The summed E-state index contributed by atoms with van der Waals surface area (Å²) in [6.07, 6.45) is 0. The summed E-state index contributed by atoms with van der Waals surface area (Å²) < 4.78 is 33.4. The summed E-state index contributed by atoms with van der Waals surface area (Å²) in [5, 5.41) is 0. The lowest BCUT2D eigenvalue weighted by Crippen LogP contribution is -2.22. The Morgan fingerprint density at radius 2 is 2.12 bits per heavy atom. The van der Waals surface area contributed by atoms with Gasteiger partial charge in [0.1, 0.15) is 5.75 Å². The zero-order chi connectivity index (χ0) is 12.7. The summed E-state index contributed by atoms with van der Waals surface area (Å²) in [5.74, 6) is 0.192. The number of nitrogens with zero attached hydrogens (tertiary/aromatic N) is 1. The predicted octanol–water partition coefficient (Wildman–Crippen LogP) is 2.37. The zero-order valence-corrected chi connectivity index (χ0v) is 10.0. The SMILES string of the molecule is COCCN(C)Cc1cccc(OC(F)F)c1. The molecule has 17 heavy (non-hydrogen) atoms. The van der Waals surface area contributed by atoms with E-state index >= 15 is 0 Å². The third-order valence-electron chi connectivity index (χ3n) is 2.25. The smallest absolute Gasteiger partial charge is 0.387 e. The van der Waals surface area contributed by atoms with Crippen LogP contribution in [0.15, 0.2) is 24.3 Å². The topological polar surface area (TPSA) is 21.7 Å². The van der Waals surface area contributed by atoms with E-state index in [4.69, 9.17) is 4.74 Å². The van der Waals surface area contributed by atoms with Gasteiger partial charge in [-0.25, -0.2) is 0 Å². The molecule has 0 fully saturated rings. The first-order valence-electron chi connectivity index (χ1n) is 5.33. The second kappa shape index (κ2) is 7.19. The summed E-state index contributed by atoms with van der Waals surface area (Å²) in [6, 6.07) is 6.72. The van der Waals surface area contributed by atoms with Crippen molar-refractivity contribution in [2.24, 2.45) is 0 Å². The second-order valence-corrected chi connectivity index (χ2v) is 3.76. The highest BCUT2D eigenvalue weighted by atomic mass is 19.3. The van der Waals surface area contributed by atoms with Gasteiger partial charge in [0.05, 0.1) is 6.61 Å². The van der Waals surface area contributed by atoms with Crippen molar-refractivity contribution in [2.75, 3.05) is 27.3 Å². The molecule has 0 unspecified atom stereocenters. The molecule has 1 aromatic rings. The Bertz CT molecular complexity index is 334. The first-order chi connectivity index (χ1) is 8.11. The lowest BCUT2D eigenvalue weighted by atomic mass is 10.2. The quantitative estimate of drug-likeness (QED) is 0.736. The lowest BCUT2D eigenvalue weighted by molar-refractivity contribution is -0.0499. The Kier molecular flexibility index (Phi) is 5.86. The van der Waals surface area contributed by atoms with Gasteiger partial charge in [-0.1, -0.05) is 12.1 Å². The minimum absolute atomic E-state index is 0.192. The summed E-state index contributed by atoms with van der Waals surface area (Å²) in [6.45, 7) is -0.680. The van der Waals surface area contributed by atoms with Gasteiger partial charge in [0, 0.05) is 20.2 Å². The molecule has 0 spiro atoms. The number of benzene rings is 1. The molecule has 0 N–H and O–H groups in total. The first kappa shape index (κ1) is 13.9. The average molecular weight is 245 g/mol. The maximum atomic E-state index is 12.0. The monoisotopic (exact) mass is 245 g/mol. The molecule has 1 rings (SSSR count). The molecule has 0 saturated carbocycles. The van der Waals surface area contributed by atoms with Crippen molar-refractivity contribution >= 4 is 0 Å². The molecular formula is C12H17F2NO2. The Balaban J connectivity index is 2.53. The van der Waals surface area contributed by atoms with Gasteiger partial charge in [-0.15, -0.1) is 0 Å². The van der Waals surface area contributed by atoms with Crippen LogP contribution >= 0.6 is 0 Å². The third kappa shape index (κ3) is 5.60. The van der Waals surface area contributed by atoms with Crippen molar-refractivity contribution in [2.45, 2.75) is 13.2 Å². The summed E-state index contributed by atoms with van der Waals surface area (Å²) in [4.78, 5) is 2.05. The van der Waals surface area contributed by atoms with E-state index in [0.29, 0.717) is 13.2 Å². The van der Waals surface area contributed by atoms with Crippen molar-refractivity contribution in [3.05, 3.63) is 29.8 Å².